The molecule has 1 radical (unpaired) electrons. The molecule has 6 rings (SSSR count). The average Bonchev–Trinajstić information content (AvgIpc) is 3.35. The van der Waals surface area contributed by atoms with Gasteiger partial charge in [0.15, 0.2) is 0 Å². The van der Waals surface area contributed by atoms with Crippen LogP contribution in [0.4, 0.5) is 0 Å². The van der Waals surface area contributed by atoms with Gasteiger partial charge in [-0.15, -0.1) is 23.8 Å². The number of hydrogen-bond acceptors (Lipinski definition) is 3. The van der Waals surface area contributed by atoms with Crippen molar-refractivity contribution < 1.29 is 21.5 Å². The molecule has 0 unspecified atom stereocenters. The number of benzene rings is 3. The molecule has 0 amide bonds. The topological polar surface area (TPSA) is 25.8 Å². The third-order valence-corrected chi connectivity index (χ3v) is 15.5. The molecule has 44 heavy (non-hydrogen) atoms. The summed E-state index contributed by atoms with van der Waals surface area (Å²) < 4.78 is 12.4. The van der Waals surface area contributed by atoms with Gasteiger partial charge in [-0.3, -0.25) is 0 Å². The van der Waals surface area contributed by atoms with Gasteiger partial charge in [0.05, 0.1) is 8.07 Å². The molecule has 6 heteroatoms. The van der Waals surface area contributed by atoms with Crippen molar-refractivity contribution in [1.82, 2.24) is 9.97 Å². The van der Waals surface area contributed by atoms with Crippen LogP contribution in [0.15, 0.2) is 85.2 Å². The van der Waals surface area contributed by atoms with Crippen molar-refractivity contribution in [2.75, 3.05) is 0 Å². The van der Waals surface area contributed by atoms with Crippen molar-refractivity contribution in [2.24, 2.45) is 0 Å². The average molecular weight is 853 g/mol. The summed E-state index contributed by atoms with van der Waals surface area (Å²) in [5, 5.41) is 4.22. The number of thiophene rings is 1. The van der Waals surface area contributed by atoms with Gasteiger partial charge in [-0.25, -0.2) is 0 Å². The molecule has 0 N–H and O–H groups in total. The van der Waals surface area contributed by atoms with Crippen LogP contribution in [0.5, 0.6) is 0 Å². The van der Waals surface area contributed by atoms with E-state index < -0.39 is 27.2 Å². The van der Waals surface area contributed by atoms with E-state index in [1.807, 2.05) is 67.8 Å². The SMILES string of the molecule is Cc1cc(-c2[c-]cccc2)nc[c]1[Ge]([CH3])([CH3])[CH3].[2H]C(C)(C)c1ccnc(-c2[c-]ccc3c2sc2cccc([Si](C)(C)C)c23)c1.[Ir]. The molecule has 229 valence electrons. The Balaban J connectivity index is 0.000000222. The molecule has 0 aliphatic rings. The zero-order valence-corrected chi connectivity index (χ0v) is 33.5. The Morgan fingerprint density at radius 2 is 1.66 bits per heavy atom. The number of aryl methyl sites for hydroxylation is 1. The molecule has 3 aromatic carbocycles. The van der Waals surface area contributed by atoms with Crippen LogP contribution in [0.1, 0.15) is 32.2 Å². The van der Waals surface area contributed by atoms with Crippen LogP contribution in [0.3, 0.4) is 0 Å². The summed E-state index contributed by atoms with van der Waals surface area (Å²) in [6.45, 7) is 13.2. The van der Waals surface area contributed by atoms with Crippen molar-refractivity contribution in [3.8, 4) is 22.5 Å². The predicted octanol–water partition coefficient (Wildman–Crippen LogP) is 9.99. The molecule has 0 bridgehead atoms. The fourth-order valence-electron chi connectivity index (χ4n) is 5.53. The van der Waals surface area contributed by atoms with E-state index in [1.54, 1.807) is 0 Å². The zero-order chi connectivity index (χ0) is 31.9. The number of rotatable bonds is 5. The van der Waals surface area contributed by atoms with E-state index in [0.717, 1.165) is 28.1 Å². The van der Waals surface area contributed by atoms with Crippen LogP contribution in [0.25, 0.3) is 42.7 Å². The Hall–Kier alpha value is -2.41. The quantitative estimate of drug-likeness (QED) is 0.128. The third kappa shape index (κ3) is 7.51. The maximum Gasteiger partial charge on any atom is 0.0783 e. The molecule has 3 heterocycles. The Bertz CT molecular complexity index is 1940. The van der Waals surface area contributed by atoms with Gasteiger partial charge >= 0.3 is 106 Å². The Kier molecular flexibility index (Phi) is 10.4. The molecule has 0 saturated carbocycles. The molecule has 0 spiro atoms. The molecule has 0 atom stereocenters. The minimum absolute atomic E-state index is 0. The molecule has 3 aromatic heterocycles. The summed E-state index contributed by atoms with van der Waals surface area (Å²) in [6.07, 6.45) is 3.89. The molecule has 0 aliphatic heterocycles. The number of hydrogen-bond donors (Lipinski definition) is 0. The van der Waals surface area contributed by atoms with Gasteiger partial charge in [0, 0.05) is 32.4 Å². The summed E-state index contributed by atoms with van der Waals surface area (Å²) in [4.78, 5) is 9.21. The second-order valence-corrected chi connectivity index (χ2v) is 30.1. The second kappa shape index (κ2) is 13.9. The number of aromatic nitrogens is 2. The summed E-state index contributed by atoms with van der Waals surface area (Å²) in [5.74, 6) is 6.56. The maximum atomic E-state index is 8.35. The van der Waals surface area contributed by atoms with E-state index in [1.165, 1.54) is 35.3 Å². The molecular formula is C38H42GeIrN2SSi-2. The van der Waals surface area contributed by atoms with Gasteiger partial charge in [0.1, 0.15) is 0 Å². The maximum absolute atomic E-state index is 8.35. The molecule has 0 aliphatic carbocycles. The van der Waals surface area contributed by atoms with E-state index in [2.05, 4.69) is 109 Å². The fourth-order valence-corrected chi connectivity index (χ4v) is 12.0. The van der Waals surface area contributed by atoms with Crippen LogP contribution in [-0.2, 0) is 20.1 Å². The van der Waals surface area contributed by atoms with E-state index in [4.69, 9.17) is 1.37 Å². The van der Waals surface area contributed by atoms with Crippen LogP contribution in [-0.4, -0.2) is 31.3 Å². The van der Waals surface area contributed by atoms with Crippen LogP contribution < -0.4 is 9.58 Å². The first-order chi connectivity index (χ1) is 20.6. The van der Waals surface area contributed by atoms with E-state index in [-0.39, 0.29) is 20.1 Å². The summed E-state index contributed by atoms with van der Waals surface area (Å²) in [7, 11) is -1.45. The molecule has 0 saturated heterocycles. The van der Waals surface area contributed by atoms with Gasteiger partial charge in [0.2, 0.25) is 0 Å². The largest absolute Gasteiger partial charge is 0.305 e. The van der Waals surface area contributed by atoms with Gasteiger partial charge in [-0.1, -0.05) is 67.8 Å². The Morgan fingerprint density at radius 1 is 0.886 bits per heavy atom. The first kappa shape index (κ1) is 33.0. The molecule has 6 aromatic rings. The monoisotopic (exact) mass is 854 g/mol. The minimum Gasteiger partial charge on any atom is -0.305 e. The van der Waals surface area contributed by atoms with Crippen molar-refractivity contribution in [1.29, 1.82) is 0 Å². The van der Waals surface area contributed by atoms with Gasteiger partial charge < -0.3 is 4.98 Å². The van der Waals surface area contributed by atoms with Crippen molar-refractivity contribution in [3.05, 3.63) is 108 Å². The van der Waals surface area contributed by atoms with Crippen LogP contribution in [0.2, 0.25) is 36.9 Å². The van der Waals surface area contributed by atoms with Gasteiger partial charge in [-0.05, 0) is 33.8 Å². The number of nitrogens with zero attached hydrogens (tertiary/aromatic N) is 2. The first-order valence-corrected chi connectivity index (χ1v) is 26.6. The van der Waals surface area contributed by atoms with Gasteiger partial charge in [0.25, 0.3) is 0 Å². The Morgan fingerprint density at radius 3 is 2.30 bits per heavy atom. The molecule has 0 fully saturated rings. The van der Waals surface area contributed by atoms with Crippen LogP contribution >= 0.6 is 11.3 Å². The fraction of sp³-hybridized carbons (Fsp3) is 0.263. The number of pyridine rings is 2. The van der Waals surface area contributed by atoms with Gasteiger partial charge in [-0.2, -0.15) is 11.3 Å². The van der Waals surface area contributed by atoms with Crippen molar-refractivity contribution >= 4 is 62.4 Å². The zero-order valence-electron chi connectivity index (χ0n) is 28.2. The van der Waals surface area contributed by atoms with E-state index >= 15 is 0 Å². The summed E-state index contributed by atoms with van der Waals surface area (Å²) >= 11 is 0.0582. The smallest absolute Gasteiger partial charge is 0.0783 e. The van der Waals surface area contributed by atoms with E-state index in [9.17, 15) is 0 Å². The van der Waals surface area contributed by atoms with E-state index in [0.29, 0.717) is 0 Å². The molecule has 2 nitrogen and oxygen atoms in total. The van der Waals surface area contributed by atoms with Crippen molar-refractivity contribution in [2.45, 2.75) is 63.6 Å². The normalized spacial score (nSPS) is 12.3. The summed E-state index contributed by atoms with van der Waals surface area (Å²) in [6, 6.07) is 31.7. The minimum atomic E-state index is -1.77. The standard InChI is InChI=1S/C23H24NSSi.C15H18GeN.Ir/c1-15(2)16-12-13-24-19(14-16)17-8-6-9-18-22-20(25-23(17)18)10-7-11-21(22)26(3,4)5;1-12-10-15(13-8-6-5-7-9-13)17-11-14(12)16(2,3)4;/h6-7,9-15H,1-5H3;5-8,10-11H,1-4H3;/q2*-1;/i15D;;. The first-order valence-electron chi connectivity index (χ1n) is 15.4. The second-order valence-electron chi connectivity index (χ2n) is 13.5. The number of fused-ring (bicyclic) bond motifs is 3. The summed E-state index contributed by atoms with van der Waals surface area (Å²) in [5.41, 5.74) is 6.39. The van der Waals surface area contributed by atoms with Crippen molar-refractivity contribution in [3.63, 3.8) is 0 Å². The predicted molar refractivity (Wildman–Crippen MR) is 195 cm³/mol. The van der Waals surface area contributed by atoms with Crippen LogP contribution in [0, 0.1) is 19.1 Å². The molecular weight excluding hydrogens is 809 g/mol. The third-order valence-electron chi connectivity index (χ3n) is 7.76. The Labute approximate surface area is 286 Å².